The first-order chi connectivity index (χ1) is 9.67. The van der Waals surface area contributed by atoms with Crippen molar-refractivity contribution in [3.63, 3.8) is 0 Å². The molecular weight excluding hydrogens is 246 g/mol. The van der Waals surface area contributed by atoms with Crippen LogP contribution in [0.25, 0.3) is 0 Å². The molecule has 106 valence electrons. The zero-order valence-electron chi connectivity index (χ0n) is 12.7. The Morgan fingerprint density at radius 2 is 1.80 bits per heavy atom. The van der Waals surface area contributed by atoms with E-state index >= 15 is 0 Å². The highest BCUT2D eigenvalue weighted by atomic mass is 16.5. The predicted molar refractivity (Wildman–Crippen MR) is 84.4 cm³/mol. The molecule has 0 amide bonds. The topological polar surface area (TPSA) is 21.3 Å². The van der Waals surface area contributed by atoms with Crippen LogP contribution in [-0.2, 0) is 0 Å². The highest BCUT2D eigenvalue weighted by molar-refractivity contribution is 5.45. The van der Waals surface area contributed by atoms with E-state index in [4.69, 9.17) is 4.74 Å². The lowest BCUT2D eigenvalue weighted by atomic mass is 9.93. The number of nitrogens with one attached hydrogen (secondary N) is 1. The van der Waals surface area contributed by atoms with E-state index < -0.39 is 0 Å². The van der Waals surface area contributed by atoms with Crippen LogP contribution < -0.4 is 10.1 Å². The van der Waals surface area contributed by atoms with Gasteiger partial charge < -0.3 is 10.1 Å². The van der Waals surface area contributed by atoms with Crippen molar-refractivity contribution in [2.24, 2.45) is 0 Å². The van der Waals surface area contributed by atoms with Gasteiger partial charge in [-0.25, -0.2) is 0 Å². The van der Waals surface area contributed by atoms with Crippen molar-refractivity contribution >= 4 is 0 Å². The Hall–Kier alpha value is -1.80. The standard InChI is InChI=1S/C18H23NO/c1-5-19-18(15-9-7-6-8-14(15)3)16-12-13(2)10-11-17(16)20-4/h6-12,18-19H,5H2,1-4H3. The van der Waals surface area contributed by atoms with E-state index in [9.17, 15) is 0 Å². The zero-order chi connectivity index (χ0) is 14.5. The van der Waals surface area contributed by atoms with E-state index in [2.05, 4.69) is 62.5 Å². The van der Waals surface area contributed by atoms with Gasteiger partial charge in [0.2, 0.25) is 0 Å². The first kappa shape index (κ1) is 14.6. The number of ether oxygens (including phenoxy) is 1. The minimum atomic E-state index is 0.163. The normalized spacial score (nSPS) is 12.2. The molecule has 2 aromatic rings. The van der Waals surface area contributed by atoms with Crippen LogP contribution in [0.3, 0.4) is 0 Å². The number of hydrogen-bond acceptors (Lipinski definition) is 2. The van der Waals surface area contributed by atoms with Gasteiger partial charge in [0, 0.05) is 5.56 Å². The van der Waals surface area contributed by atoms with Gasteiger partial charge in [-0.15, -0.1) is 0 Å². The number of hydrogen-bond donors (Lipinski definition) is 1. The summed E-state index contributed by atoms with van der Waals surface area (Å²) >= 11 is 0. The number of methoxy groups -OCH3 is 1. The van der Waals surface area contributed by atoms with Gasteiger partial charge in [0.15, 0.2) is 0 Å². The average molecular weight is 269 g/mol. The van der Waals surface area contributed by atoms with Gasteiger partial charge in [-0.2, -0.15) is 0 Å². The summed E-state index contributed by atoms with van der Waals surface area (Å²) in [5, 5.41) is 3.58. The van der Waals surface area contributed by atoms with Crippen LogP contribution in [0, 0.1) is 13.8 Å². The fourth-order valence-corrected chi connectivity index (χ4v) is 2.58. The van der Waals surface area contributed by atoms with Crippen molar-refractivity contribution in [1.29, 1.82) is 0 Å². The lowest BCUT2D eigenvalue weighted by molar-refractivity contribution is 0.404. The summed E-state index contributed by atoms with van der Waals surface area (Å²) in [7, 11) is 1.73. The Balaban J connectivity index is 2.54. The third-order valence-corrected chi connectivity index (χ3v) is 3.60. The third-order valence-electron chi connectivity index (χ3n) is 3.60. The molecule has 0 aliphatic carbocycles. The molecule has 0 aromatic heterocycles. The molecule has 2 heteroatoms. The van der Waals surface area contributed by atoms with Crippen LogP contribution in [0.5, 0.6) is 5.75 Å². The smallest absolute Gasteiger partial charge is 0.123 e. The highest BCUT2D eigenvalue weighted by Gasteiger charge is 2.18. The molecule has 2 rings (SSSR count). The molecule has 0 heterocycles. The van der Waals surface area contributed by atoms with Gasteiger partial charge in [0.25, 0.3) is 0 Å². The van der Waals surface area contributed by atoms with E-state index in [-0.39, 0.29) is 6.04 Å². The van der Waals surface area contributed by atoms with Crippen molar-refractivity contribution in [1.82, 2.24) is 5.32 Å². The van der Waals surface area contributed by atoms with Crippen molar-refractivity contribution in [3.05, 3.63) is 64.7 Å². The Kier molecular flexibility index (Phi) is 4.80. The Morgan fingerprint density at radius 3 is 2.45 bits per heavy atom. The fourth-order valence-electron chi connectivity index (χ4n) is 2.58. The largest absolute Gasteiger partial charge is 0.496 e. The van der Waals surface area contributed by atoms with E-state index in [1.54, 1.807) is 7.11 Å². The second-order valence-corrected chi connectivity index (χ2v) is 5.09. The van der Waals surface area contributed by atoms with Gasteiger partial charge in [-0.05, 0) is 37.6 Å². The van der Waals surface area contributed by atoms with Gasteiger partial charge in [0.1, 0.15) is 5.75 Å². The Morgan fingerprint density at radius 1 is 1.05 bits per heavy atom. The number of benzene rings is 2. The summed E-state index contributed by atoms with van der Waals surface area (Å²) in [6.45, 7) is 7.31. The van der Waals surface area contributed by atoms with Crippen LogP contribution in [-0.4, -0.2) is 13.7 Å². The maximum atomic E-state index is 5.55. The zero-order valence-corrected chi connectivity index (χ0v) is 12.7. The molecule has 1 N–H and O–H groups in total. The summed E-state index contributed by atoms with van der Waals surface area (Å²) in [4.78, 5) is 0. The first-order valence-corrected chi connectivity index (χ1v) is 7.10. The van der Waals surface area contributed by atoms with E-state index in [1.807, 2.05) is 6.07 Å². The lowest BCUT2D eigenvalue weighted by Crippen LogP contribution is -2.23. The Bertz CT molecular complexity index is 577. The molecular formula is C18H23NO. The molecule has 0 aliphatic rings. The molecule has 0 saturated carbocycles. The quantitative estimate of drug-likeness (QED) is 0.885. The van der Waals surface area contributed by atoms with Gasteiger partial charge in [0.05, 0.1) is 13.2 Å². The molecule has 0 aliphatic heterocycles. The molecule has 1 unspecified atom stereocenters. The van der Waals surface area contributed by atoms with Crippen LogP contribution in [0.4, 0.5) is 0 Å². The second kappa shape index (κ2) is 6.58. The lowest BCUT2D eigenvalue weighted by Gasteiger charge is -2.23. The predicted octanol–water partition coefficient (Wildman–Crippen LogP) is 4.01. The summed E-state index contributed by atoms with van der Waals surface area (Å²) in [6.07, 6.45) is 0. The minimum absolute atomic E-state index is 0.163. The van der Waals surface area contributed by atoms with Crippen LogP contribution in [0.15, 0.2) is 42.5 Å². The molecule has 0 fully saturated rings. The Labute approximate surface area is 121 Å². The molecule has 0 radical (unpaired) electrons. The molecule has 2 nitrogen and oxygen atoms in total. The molecule has 2 aromatic carbocycles. The van der Waals surface area contributed by atoms with E-state index in [0.29, 0.717) is 0 Å². The van der Waals surface area contributed by atoms with E-state index in [0.717, 1.165) is 12.3 Å². The number of rotatable bonds is 5. The van der Waals surface area contributed by atoms with Crippen molar-refractivity contribution < 1.29 is 4.74 Å². The van der Waals surface area contributed by atoms with Crippen molar-refractivity contribution in [2.45, 2.75) is 26.8 Å². The molecule has 0 spiro atoms. The summed E-state index contributed by atoms with van der Waals surface area (Å²) < 4.78 is 5.55. The third kappa shape index (κ3) is 3.02. The van der Waals surface area contributed by atoms with Crippen LogP contribution in [0.1, 0.15) is 35.2 Å². The molecule has 20 heavy (non-hydrogen) atoms. The monoisotopic (exact) mass is 269 g/mol. The number of aryl methyl sites for hydroxylation is 2. The summed E-state index contributed by atoms with van der Waals surface area (Å²) in [5.74, 6) is 0.935. The van der Waals surface area contributed by atoms with Gasteiger partial charge >= 0.3 is 0 Å². The van der Waals surface area contributed by atoms with Crippen molar-refractivity contribution in [3.8, 4) is 5.75 Å². The van der Waals surface area contributed by atoms with Crippen LogP contribution in [0.2, 0.25) is 0 Å². The molecule has 0 bridgehead atoms. The fraction of sp³-hybridized carbons (Fsp3) is 0.333. The molecule has 0 saturated heterocycles. The van der Waals surface area contributed by atoms with Crippen molar-refractivity contribution in [2.75, 3.05) is 13.7 Å². The SMILES string of the molecule is CCNC(c1ccccc1C)c1cc(C)ccc1OC. The highest BCUT2D eigenvalue weighted by Crippen LogP contribution is 2.32. The maximum Gasteiger partial charge on any atom is 0.123 e. The summed E-state index contributed by atoms with van der Waals surface area (Å²) in [6, 6.07) is 15.0. The van der Waals surface area contributed by atoms with Crippen LogP contribution >= 0.6 is 0 Å². The van der Waals surface area contributed by atoms with Gasteiger partial charge in [-0.1, -0.05) is 48.9 Å². The molecule has 1 atom stereocenters. The first-order valence-electron chi connectivity index (χ1n) is 7.10. The average Bonchev–Trinajstić information content (AvgIpc) is 2.46. The van der Waals surface area contributed by atoms with Gasteiger partial charge in [-0.3, -0.25) is 0 Å². The maximum absolute atomic E-state index is 5.55. The summed E-state index contributed by atoms with van der Waals surface area (Å²) in [5.41, 5.74) is 5.04. The van der Waals surface area contributed by atoms with E-state index in [1.165, 1.54) is 22.3 Å². The minimum Gasteiger partial charge on any atom is -0.496 e. The second-order valence-electron chi connectivity index (χ2n) is 5.09.